The minimum atomic E-state index is -3.86. The van der Waals surface area contributed by atoms with Gasteiger partial charge in [-0.3, -0.25) is 4.99 Å². The maximum Gasteiger partial charge on any atom is 0.204 e. The summed E-state index contributed by atoms with van der Waals surface area (Å²) in [5, 5.41) is 0. The van der Waals surface area contributed by atoms with Crippen molar-refractivity contribution < 1.29 is 17.7 Å². The molecule has 2 saturated heterocycles. The number of ether oxygens (including phenoxy) is 1. The van der Waals surface area contributed by atoms with E-state index in [9.17, 15) is 13.0 Å². The quantitative estimate of drug-likeness (QED) is 0.174. The summed E-state index contributed by atoms with van der Waals surface area (Å²) in [5.41, 5.74) is 1.82. The van der Waals surface area contributed by atoms with Crippen LogP contribution in [0.25, 0.3) is 5.70 Å². The fraction of sp³-hybridized carbons (Fsp3) is 0.531. The van der Waals surface area contributed by atoms with Crippen molar-refractivity contribution in [2.45, 2.75) is 55.7 Å². The van der Waals surface area contributed by atoms with Crippen LogP contribution in [-0.4, -0.2) is 99.6 Å². The lowest BCUT2D eigenvalue weighted by molar-refractivity contribution is 0.231. The molecule has 0 spiro atoms. The zero-order valence-electron chi connectivity index (χ0n) is 25.4. The first kappa shape index (κ1) is 32.5. The van der Waals surface area contributed by atoms with Gasteiger partial charge in [-0.05, 0) is 107 Å². The second-order valence-corrected chi connectivity index (χ2v) is 14.6. The minimum Gasteiger partial charge on any atom is -0.612 e. The Bertz CT molecular complexity index is 1320. The standard InChI is InChI=1S/C32H46N4O4S2/c1-5-6-24-40-27-10-13-29(14-11-27)42(38,39)26(2)32(30-25-28(41(4)37)12-15-31(30)33-3)36-19-9-18-35(22-23-36)21-20-34-16-7-8-17-34/h10-15,25H,3,5-9,16-24H2,1-2,4H3/b32-26-. The van der Waals surface area contributed by atoms with Gasteiger partial charge in [0.25, 0.3) is 0 Å². The molecule has 0 aliphatic carbocycles. The van der Waals surface area contributed by atoms with Gasteiger partial charge in [0.05, 0.1) is 27.8 Å². The van der Waals surface area contributed by atoms with E-state index in [0.29, 0.717) is 47.3 Å². The molecule has 4 rings (SSSR count). The molecule has 2 aliphatic heterocycles. The van der Waals surface area contributed by atoms with Crippen LogP contribution in [0.1, 0.15) is 51.5 Å². The Morgan fingerprint density at radius 1 is 0.976 bits per heavy atom. The monoisotopic (exact) mass is 614 g/mol. The third-order valence-corrected chi connectivity index (χ3v) is 11.0. The highest BCUT2D eigenvalue weighted by Crippen LogP contribution is 2.37. The lowest BCUT2D eigenvalue weighted by Gasteiger charge is -2.29. The van der Waals surface area contributed by atoms with E-state index in [4.69, 9.17) is 4.74 Å². The van der Waals surface area contributed by atoms with E-state index in [1.807, 2.05) is 6.07 Å². The maximum atomic E-state index is 14.1. The third kappa shape index (κ3) is 8.17. The second kappa shape index (κ2) is 15.4. The van der Waals surface area contributed by atoms with Gasteiger partial charge in [0.1, 0.15) is 12.0 Å². The van der Waals surface area contributed by atoms with Crippen molar-refractivity contribution in [1.29, 1.82) is 0 Å². The number of nitrogens with zero attached hydrogens (tertiary/aromatic N) is 4. The number of hydrogen-bond acceptors (Lipinski definition) is 8. The second-order valence-electron chi connectivity index (χ2n) is 11.1. The van der Waals surface area contributed by atoms with Crippen LogP contribution in [0.5, 0.6) is 5.75 Å². The van der Waals surface area contributed by atoms with Gasteiger partial charge in [0, 0.05) is 44.4 Å². The Hall–Kier alpha value is -2.37. The molecule has 42 heavy (non-hydrogen) atoms. The summed E-state index contributed by atoms with van der Waals surface area (Å²) in [6, 6.07) is 12.0. The summed E-state index contributed by atoms with van der Waals surface area (Å²) in [4.78, 5) is 12.5. The van der Waals surface area contributed by atoms with Crippen molar-refractivity contribution in [3.8, 4) is 5.75 Å². The highest BCUT2D eigenvalue weighted by atomic mass is 32.2. The minimum absolute atomic E-state index is 0.214. The number of allylic oxidation sites excluding steroid dienone is 1. The largest absolute Gasteiger partial charge is 0.612 e. The molecule has 1 atom stereocenters. The summed E-state index contributed by atoms with van der Waals surface area (Å²) >= 11 is -1.24. The summed E-state index contributed by atoms with van der Waals surface area (Å²) in [6.07, 6.45) is 7.08. The van der Waals surface area contributed by atoms with E-state index in [1.54, 1.807) is 49.6 Å². The zero-order valence-corrected chi connectivity index (χ0v) is 27.0. The molecule has 2 heterocycles. The Morgan fingerprint density at radius 3 is 2.29 bits per heavy atom. The van der Waals surface area contributed by atoms with Crippen LogP contribution in [-0.2, 0) is 21.0 Å². The van der Waals surface area contributed by atoms with Crippen molar-refractivity contribution in [1.82, 2.24) is 14.7 Å². The Balaban J connectivity index is 1.69. The molecule has 0 radical (unpaired) electrons. The summed E-state index contributed by atoms with van der Waals surface area (Å²) in [7, 11) is -3.86. The highest BCUT2D eigenvalue weighted by Gasteiger charge is 2.29. The van der Waals surface area contributed by atoms with Crippen LogP contribution in [0.4, 0.5) is 5.69 Å². The number of aliphatic imine (C=N–C) groups is 1. The van der Waals surface area contributed by atoms with Crippen molar-refractivity contribution in [3.63, 3.8) is 0 Å². The van der Waals surface area contributed by atoms with Gasteiger partial charge in [-0.2, -0.15) is 0 Å². The Labute approximate surface area is 255 Å². The first-order chi connectivity index (χ1) is 20.2. The molecule has 1 unspecified atom stereocenters. The molecule has 10 heteroatoms. The van der Waals surface area contributed by atoms with Gasteiger partial charge in [-0.25, -0.2) is 8.42 Å². The molecule has 8 nitrogen and oxygen atoms in total. The molecule has 0 N–H and O–H groups in total. The van der Waals surface area contributed by atoms with Crippen LogP contribution >= 0.6 is 0 Å². The van der Waals surface area contributed by atoms with E-state index in [2.05, 4.69) is 33.3 Å². The first-order valence-corrected chi connectivity index (χ1v) is 18.1. The zero-order chi connectivity index (χ0) is 30.1. The fourth-order valence-corrected chi connectivity index (χ4v) is 7.55. The molecule has 0 aromatic heterocycles. The molecule has 2 aromatic rings. The lowest BCUT2D eigenvalue weighted by Crippen LogP contribution is -2.36. The van der Waals surface area contributed by atoms with Crippen LogP contribution in [0.15, 0.2) is 62.2 Å². The van der Waals surface area contributed by atoms with Crippen LogP contribution < -0.4 is 4.74 Å². The molecule has 0 amide bonds. The predicted octanol–water partition coefficient (Wildman–Crippen LogP) is 5.20. The van der Waals surface area contributed by atoms with Crippen molar-refractivity contribution >= 4 is 39.1 Å². The lowest BCUT2D eigenvalue weighted by atomic mass is 10.1. The molecular formula is C32H46N4O4S2. The van der Waals surface area contributed by atoms with E-state index < -0.39 is 21.0 Å². The van der Waals surface area contributed by atoms with E-state index in [0.717, 1.165) is 45.4 Å². The Morgan fingerprint density at radius 2 is 1.64 bits per heavy atom. The van der Waals surface area contributed by atoms with Gasteiger partial charge < -0.3 is 24.0 Å². The number of hydrogen-bond donors (Lipinski definition) is 0. The number of likely N-dealkylation sites (tertiary alicyclic amines) is 1. The Kier molecular flexibility index (Phi) is 11.9. The fourth-order valence-electron chi connectivity index (χ4n) is 5.66. The van der Waals surface area contributed by atoms with Gasteiger partial charge >= 0.3 is 0 Å². The summed E-state index contributed by atoms with van der Waals surface area (Å²) < 4.78 is 46.5. The van der Waals surface area contributed by atoms with Crippen molar-refractivity contribution in [2.24, 2.45) is 4.99 Å². The molecule has 2 aromatic carbocycles. The number of sulfone groups is 1. The molecule has 2 fully saturated rings. The van der Waals surface area contributed by atoms with Crippen molar-refractivity contribution in [2.75, 3.05) is 65.2 Å². The normalized spacial score (nSPS) is 18.4. The molecular weight excluding hydrogens is 569 g/mol. The van der Waals surface area contributed by atoms with Crippen LogP contribution in [0.3, 0.4) is 0 Å². The van der Waals surface area contributed by atoms with E-state index in [-0.39, 0.29) is 9.80 Å². The highest BCUT2D eigenvalue weighted by molar-refractivity contribution is 7.95. The number of rotatable bonds is 13. The topological polar surface area (TPSA) is 88.5 Å². The summed E-state index contributed by atoms with van der Waals surface area (Å²) in [5.74, 6) is 0.655. The van der Waals surface area contributed by atoms with Crippen LogP contribution in [0.2, 0.25) is 0 Å². The SMILES string of the molecule is C=Nc1ccc([S+](C)[O-])cc1/C(=C(\C)S(=O)(=O)c1ccc(OCCCC)cc1)N1CCCN(CCN2CCCC2)CC1. The van der Waals surface area contributed by atoms with Gasteiger partial charge in [0.2, 0.25) is 9.84 Å². The van der Waals surface area contributed by atoms with Gasteiger partial charge in [-0.15, -0.1) is 0 Å². The average Bonchev–Trinajstić information content (AvgIpc) is 3.41. The van der Waals surface area contributed by atoms with Gasteiger partial charge in [0.15, 0.2) is 4.90 Å². The molecule has 0 bridgehead atoms. The first-order valence-electron chi connectivity index (χ1n) is 15.1. The van der Waals surface area contributed by atoms with E-state index in [1.165, 1.54) is 25.9 Å². The predicted molar refractivity (Wildman–Crippen MR) is 173 cm³/mol. The molecule has 230 valence electrons. The third-order valence-electron chi connectivity index (χ3n) is 8.20. The van der Waals surface area contributed by atoms with Crippen molar-refractivity contribution in [3.05, 3.63) is 52.9 Å². The maximum absolute atomic E-state index is 14.1. The molecule has 2 aliphatic rings. The molecule has 0 saturated carbocycles. The van der Waals surface area contributed by atoms with E-state index >= 15 is 0 Å². The number of unbranched alkanes of at least 4 members (excludes halogenated alkanes) is 1. The number of benzene rings is 2. The summed E-state index contributed by atoms with van der Waals surface area (Å²) in [6.45, 7) is 15.8. The van der Waals surface area contributed by atoms with Gasteiger partial charge in [-0.1, -0.05) is 13.3 Å². The van der Waals surface area contributed by atoms with Crippen LogP contribution in [0, 0.1) is 0 Å². The smallest absolute Gasteiger partial charge is 0.204 e. The average molecular weight is 615 g/mol.